The standard InChI is InChI=1S/C24H22N4O3/c1-14-10-16(24(30)31)8-9-18(14)23(29)26-15(2)20-11-22(17-12-25-28(3)13-17)27-21-7-5-4-6-19(20)21/h4-13,15H,1-3H3,(H,26,29)(H,30,31)/t15-/m1/s1. The molecular formula is C24H22N4O3. The molecule has 0 aliphatic carbocycles. The number of nitrogens with one attached hydrogen (secondary N) is 1. The number of fused-ring (bicyclic) bond motifs is 1. The number of hydrogen-bond acceptors (Lipinski definition) is 4. The van der Waals surface area contributed by atoms with Gasteiger partial charge in [0, 0.05) is 29.8 Å². The summed E-state index contributed by atoms with van der Waals surface area (Å²) in [6.45, 7) is 3.65. The van der Waals surface area contributed by atoms with Crippen LogP contribution in [0.4, 0.5) is 0 Å². The van der Waals surface area contributed by atoms with Gasteiger partial charge in [-0.05, 0) is 55.3 Å². The van der Waals surface area contributed by atoms with Crippen LogP contribution in [-0.2, 0) is 7.05 Å². The normalized spacial score (nSPS) is 12.0. The van der Waals surface area contributed by atoms with Gasteiger partial charge in [-0.25, -0.2) is 9.78 Å². The summed E-state index contributed by atoms with van der Waals surface area (Å²) in [6.07, 6.45) is 3.66. The van der Waals surface area contributed by atoms with Crippen molar-refractivity contribution >= 4 is 22.8 Å². The first-order chi connectivity index (χ1) is 14.8. The van der Waals surface area contributed by atoms with E-state index in [2.05, 4.69) is 10.4 Å². The van der Waals surface area contributed by atoms with Gasteiger partial charge in [0.1, 0.15) is 0 Å². The van der Waals surface area contributed by atoms with Crippen molar-refractivity contribution in [2.75, 3.05) is 0 Å². The van der Waals surface area contributed by atoms with Crippen molar-refractivity contribution < 1.29 is 14.7 Å². The maximum Gasteiger partial charge on any atom is 0.335 e. The summed E-state index contributed by atoms with van der Waals surface area (Å²) in [6, 6.07) is 14.0. The minimum absolute atomic E-state index is 0.156. The van der Waals surface area contributed by atoms with Gasteiger partial charge in [-0.15, -0.1) is 0 Å². The number of nitrogens with zero attached hydrogens (tertiary/aromatic N) is 3. The summed E-state index contributed by atoms with van der Waals surface area (Å²) in [7, 11) is 1.85. The summed E-state index contributed by atoms with van der Waals surface area (Å²) in [5.41, 5.74) is 4.67. The van der Waals surface area contributed by atoms with Crippen LogP contribution in [0.1, 0.15) is 44.8 Å². The van der Waals surface area contributed by atoms with E-state index in [1.165, 1.54) is 12.1 Å². The van der Waals surface area contributed by atoms with Gasteiger partial charge in [-0.2, -0.15) is 5.10 Å². The summed E-state index contributed by atoms with van der Waals surface area (Å²) in [4.78, 5) is 28.9. The lowest BCUT2D eigenvalue weighted by Gasteiger charge is -2.18. The Morgan fingerprint density at radius 2 is 1.90 bits per heavy atom. The molecule has 4 aromatic rings. The Morgan fingerprint density at radius 3 is 2.58 bits per heavy atom. The van der Waals surface area contributed by atoms with Crippen LogP contribution in [-0.4, -0.2) is 31.7 Å². The van der Waals surface area contributed by atoms with Crippen molar-refractivity contribution in [2.45, 2.75) is 19.9 Å². The highest BCUT2D eigenvalue weighted by atomic mass is 16.4. The van der Waals surface area contributed by atoms with E-state index >= 15 is 0 Å². The van der Waals surface area contributed by atoms with Crippen LogP contribution >= 0.6 is 0 Å². The molecule has 1 atom stereocenters. The topological polar surface area (TPSA) is 97.1 Å². The lowest BCUT2D eigenvalue weighted by Crippen LogP contribution is -2.27. The molecule has 4 rings (SSSR count). The maximum atomic E-state index is 12.9. The average Bonchev–Trinajstić information content (AvgIpc) is 3.19. The molecule has 2 heterocycles. The molecular weight excluding hydrogens is 392 g/mol. The first kappa shape index (κ1) is 20.3. The van der Waals surface area contributed by atoms with E-state index in [9.17, 15) is 9.59 Å². The number of carboxylic acid groups (broad SMARTS) is 1. The van der Waals surface area contributed by atoms with E-state index < -0.39 is 5.97 Å². The molecule has 7 heteroatoms. The summed E-state index contributed by atoms with van der Waals surface area (Å²) in [5.74, 6) is -1.28. The first-order valence-corrected chi connectivity index (χ1v) is 9.87. The zero-order chi connectivity index (χ0) is 22.1. The fourth-order valence-corrected chi connectivity index (χ4v) is 3.67. The third-order valence-corrected chi connectivity index (χ3v) is 5.28. The van der Waals surface area contributed by atoms with Gasteiger partial charge < -0.3 is 10.4 Å². The predicted octanol–water partition coefficient (Wildman–Crippen LogP) is 4.13. The van der Waals surface area contributed by atoms with Crippen LogP contribution in [0.5, 0.6) is 0 Å². The van der Waals surface area contributed by atoms with Gasteiger partial charge in [-0.3, -0.25) is 9.48 Å². The molecule has 0 aliphatic heterocycles. The highest BCUT2D eigenvalue weighted by molar-refractivity contribution is 5.98. The Kier molecular flexibility index (Phi) is 5.25. The molecule has 156 valence electrons. The Labute approximate surface area is 179 Å². The van der Waals surface area contributed by atoms with E-state index in [1.807, 2.05) is 50.5 Å². The number of para-hydroxylation sites is 1. The van der Waals surface area contributed by atoms with Gasteiger partial charge >= 0.3 is 5.97 Å². The molecule has 2 N–H and O–H groups in total. The zero-order valence-electron chi connectivity index (χ0n) is 17.5. The minimum Gasteiger partial charge on any atom is -0.478 e. The second kappa shape index (κ2) is 8.02. The average molecular weight is 414 g/mol. The molecule has 7 nitrogen and oxygen atoms in total. The van der Waals surface area contributed by atoms with Crippen molar-refractivity contribution in [1.29, 1.82) is 0 Å². The molecule has 31 heavy (non-hydrogen) atoms. The Bertz CT molecular complexity index is 1310. The van der Waals surface area contributed by atoms with Crippen molar-refractivity contribution in [3.63, 3.8) is 0 Å². The van der Waals surface area contributed by atoms with Gasteiger partial charge in [0.25, 0.3) is 5.91 Å². The summed E-state index contributed by atoms with van der Waals surface area (Å²) >= 11 is 0. The van der Waals surface area contributed by atoms with Crippen LogP contribution in [0, 0.1) is 6.92 Å². The number of carbonyl (C=O) groups is 2. The van der Waals surface area contributed by atoms with E-state index in [1.54, 1.807) is 23.9 Å². The number of carbonyl (C=O) groups excluding carboxylic acids is 1. The molecule has 0 fully saturated rings. The molecule has 0 unspecified atom stereocenters. The lowest BCUT2D eigenvalue weighted by molar-refractivity contribution is 0.0696. The number of aromatic nitrogens is 3. The quantitative estimate of drug-likeness (QED) is 0.512. The zero-order valence-corrected chi connectivity index (χ0v) is 17.5. The van der Waals surface area contributed by atoms with Crippen LogP contribution in [0.2, 0.25) is 0 Å². The molecule has 2 aromatic carbocycles. The largest absolute Gasteiger partial charge is 0.478 e. The van der Waals surface area contributed by atoms with Gasteiger partial charge in [0.05, 0.1) is 29.0 Å². The van der Waals surface area contributed by atoms with Crippen LogP contribution < -0.4 is 5.32 Å². The van der Waals surface area contributed by atoms with E-state index in [0.29, 0.717) is 11.1 Å². The Hall–Kier alpha value is -4.00. The second-order valence-corrected chi connectivity index (χ2v) is 7.55. The molecule has 0 saturated carbocycles. The number of amides is 1. The van der Waals surface area contributed by atoms with Crippen molar-refractivity contribution in [2.24, 2.45) is 7.05 Å². The number of carboxylic acids is 1. The van der Waals surface area contributed by atoms with Crippen molar-refractivity contribution in [3.8, 4) is 11.3 Å². The molecule has 0 radical (unpaired) electrons. The molecule has 0 saturated heterocycles. The summed E-state index contributed by atoms with van der Waals surface area (Å²) < 4.78 is 1.72. The number of hydrogen-bond donors (Lipinski definition) is 2. The Balaban J connectivity index is 1.69. The highest BCUT2D eigenvalue weighted by Crippen LogP contribution is 2.29. The fraction of sp³-hybridized carbons (Fsp3) is 0.167. The minimum atomic E-state index is -1.02. The number of aromatic carboxylic acids is 1. The van der Waals surface area contributed by atoms with Gasteiger partial charge in [0.15, 0.2) is 0 Å². The summed E-state index contributed by atoms with van der Waals surface area (Å²) in [5, 5.41) is 17.4. The predicted molar refractivity (Wildman–Crippen MR) is 118 cm³/mol. The van der Waals surface area contributed by atoms with Crippen molar-refractivity contribution in [3.05, 3.63) is 83.2 Å². The van der Waals surface area contributed by atoms with Crippen LogP contribution in [0.15, 0.2) is 60.9 Å². The van der Waals surface area contributed by atoms with Crippen LogP contribution in [0.25, 0.3) is 22.2 Å². The van der Waals surface area contributed by atoms with E-state index in [4.69, 9.17) is 10.1 Å². The van der Waals surface area contributed by atoms with Gasteiger partial charge in [-0.1, -0.05) is 18.2 Å². The highest BCUT2D eigenvalue weighted by Gasteiger charge is 2.18. The third kappa shape index (κ3) is 4.02. The van der Waals surface area contributed by atoms with Gasteiger partial charge in [0.2, 0.25) is 0 Å². The number of aryl methyl sites for hydroxylation is 2. The smallest absolute Gasteiger partial charge is 0.335 e. The maximum absolute atomic E-state index is 12.9. The number of pyridine rings is 1. The number of benzene rings is 2. The third-order valence-electron chi connectivity index (χ3n) is 5.28. The van der Waals surface area contributed by atoms with Crippen molar-refractivity contribution in [1.82, 2.24) is 20.1 Å². The first-order valence-electron chi connectivity index (χ1n) is 9.87. The second-order valence-electron chi connectivity index (χ2n) is 7.55. The Morgan fingerprint density at radius 1 is 1.13 bits per heavy atom. The van der Waals surface area contributed by atoms with Crippen LogP contribution in [0.3, 0.4) is 0 Å². The van der Waals surface area contributed by atoms with E-state index in [-0.39, 0.29) is 17.5 Å². The fourth-order valence-electron chi connectivity index (χ4n) is 3.67. The monoisotopic (exact) mass is 414 g/mol. The lowest BCUT2D eigenvalue weighted by atomic mass is 9.99. The SMILES string of the molecule is Cc1cc(C(=O)O)ccc1C(=O)N[C@H](C)c1cc(-c2cnn(C)c2)nc2ccccc12. The molecule has 0 aliphatic rings. The van der Waals surface area contributed by atoms with E-state index in [0.717, 1.165) is 27.7 Å². The molecule has 1 amide bonds. The number of rotatable bonds is 5. The molecule has 0 bridgehead atoms. The molecule has 0 spiro atoms. The molecule has 2 aromatic heterocycles.